The number of hydrogen-bond donors (Lipinski definition) is 2. The smallest absolute Gasteiger partial charge is 0.253 e. The Labute approximate surface area is 118 Å². The van der Waals surface area contributed by atoms with Crippen LogP contribution in [-0.2, 0) is 4.79 Å². The van der Waals surface area contributed by atoms with Gasteiger partial charge in [0.15, 0.2) is 0 Å². The average molecular weight is 276 g/mol. The van der Waals surface area contributed by atoms with Crippen molar-refractivity contribution in [1.29, 1.82) is 0 Å². The van der Waals surface area contributed by atoms with Gasteiger partial charge in [0.1, 0.15) is 0 Å². The number of carbonyl (C=O) groups excluding carboxylic acids is 2. The van der Waals surface area contributed by atoms with Gasteiger partial charge in [-0.15, -0.1) is 0 Å². The fraction of sp³-hybridized carbons (Fsp3) is 0.467. The van der Waals surface area contributed by atoms with Gasteiger partial charge in [-0.3, -0.25) is 9.59 Å². The molecule has 1 atom stereocenters. The molecule has 0 radical (unpaired) electrons. The fourth-order valence-corrected chi connectivity index (χ4v) is 2.37. The molecule has 2 amide bonds. The molecule has 0 saturated carbocycles. The van der Waals surface area contributed by atoms with Gasteiger partial charge in [0.2, 0.25) is 5.91 Å². The van der Waals surface area contributed by atoms with Crippen LogP contribution in [0.2, 0.25) is 0 Å². The van der Waals surface area contributed by atoms with Crippen LogP contribution >= 0.6 is 0 Å². The molecule has 2 rings (SSSR count). The van der Waals surface area contributed by atoms with E-state index in [-0.39, 0.29) is 24.3 Å². The molecule has 1 aliphatic rings. The van der Waals surface area contributed by atoms with Gasteiger partial charge in [0.05, 0.1) is 11.3 Å². The molecular weight excluding hydrogens is 256 g/mol. The average Bonchev–Trinajstić information content (AvgIpc) is 2.85. The van der Waals surface area contributed by atoms with Crippen LogP contribution in [0.3, 0.4) is 0 Å². The maximum Gasteiger partial charge on any atom is 0.253 e. The molecule has 0 spiro atoms. The monoisotopic (exact) mass is 276 g/mol. The van der Waals surface area contributed by atoms with Crippen LogP contribution in [0.4, 0.5) is 5.69 Å². The van der Waals surface area contributed by atoms with Crippen molar-refractivity contribution in [1.82, 2.24) is 5.32 Å². The number of aliphatic hydroxyl groups is 1. The van der Waals surface area contributed by atoms with Crippen LogP contribution in [0.5, 0.6) is 0 Å². The van der Waals surface area contributed by atoms with E-state index in [1.165, 1.54) is 0 Å². The molecule has 1 fully saturated rings. The van der Waals surface area contributed by atoms with Gasteiger partial charge in [-0.25, -0.2) is 0 Å². The molecule has 0 aromatic heterocycles. The molecule has 1 aromatic rings. The third-order valence-electron chi connectivity index (χ3n) is 3.44. The summed E-state index contributed by atoms with van der Waals surface area (Å²) in [7, 11) is 0. The number of nitrogens with one attached hydrogen (secondary N) is 1. The van der Waals surface area contributed by atoms with E-state index in [2.05, 4.69) is 5.32 Å². The predicted molar refractivity (Wildman–Crippen MR) is 76.6 cm³/mol. The summed E-state index contributed by atoms with van der Waals surface area (Å²) in [6.07, 6.45) is 1.20. The molecule has 5 heteroatoms. The first kappa shape index (κ1) is 14.5. The zero-order valence-corrected chi connectivity index (χ0v) is 11.6. The Balaban J connectivity index is 2.24. The number of aliphatic hydroxyl groups excluding tert-OH is 1. The van der Waals surface area contributed by atoms with E-state index < -0.39 is 0 Å². The van der Waals surface area contributed by atoms with Crippen LogP contribution < -0.4 is 10.2 Å². The van der Waals surface area contributed by atoms with Crippen LogP contribution in [0.15, 0.2) is 24.3 Å². The normalized spacial score (nSPS) is 18.4. The molecule has 1 aliphatic heterocycles. The van der Waals surface area contributed by atoms with Crippen molar-refractivity contribution in [2.75, 3.05) is 24.6 Å². The summed E-state index contributed by atoms with van der Waals surface area (Å²) in [5.41, 5.74) is 1.13. The number of rotatable bonds is 5. The minimum absolute atomic E-state index is 0.00750. The molecule has 0 aliphatic carbocycles. The molecule has 1 aromatic carbocycles. The Morgan fingerprint density at radius 3 is 2.85 bits per heavy atom. The van der Waals surface area contributed by atoms with Crippen molar-refractivity contribution >= 4 is 17.5 Å². The van der Waals surface area contributed by atoms with E-state index in [1.54, 1.807) is 23.1 Å². The summed E-state index contributed by atoms with van der Waals surface area (Å²) in [6.45, 7) is 3.06. The first-order chi connectivity index (χ1) is 9.67. The Hall–Kier alpha value is -1.88. The number of amides is 2. The van der Waals surface area contributed by atoms with E-state index in [4.69, 9.17) is 0 Å². The molecule has 2 N–H and O–H groups in total. The molecule has 20 heavy (non-hydrogen) atoms. The van der Waals surface area contributed by atoms with Gasteiger partial charge in [-0.1, -0.05) is 19.1 Å². The van der Waals surface area contributed by atoms with Gasteiger partial charge in [-0.05, 0) is 18.6 Å². The highest BCUT2D eigenvalue weighted by molar-refractivity contribution is 6.05. The maximum absolute atomic E-state index is 12.1. The Bertz CT molecular complexity index is 502. The van der Waals surface area contributed by atoms with E-state index in [0.717, 1.165) is 6.42 Å². The van der Waals surface area contributed by atoms with Crippen LogP contribution in [-0.4, -0.2) is 36.6 Å². The van der Waals surface area contributed by atoms with Crippen LogP contribution in [0.25, 0.3) is 0 Å². The number of para-hydroxylation sites is 1. The SMILES string of the molecule is CCCNC(=O)c1ccccc1N1CC(CO)CC1=O. The Morgan fingerprint density at radius 2 is 2.20 bits per heavy atom. The third-order valence-corrected chi connectivity index (χ3v) is 3.44. The molecule has 1 unspecified atom stereocenters. The summed E-state index contributed by atoms with van der Waals surface area (Å²) in [5, 5.41) is 12.0. The first-order valence-corrected chi connectivity index (χ1v) is 6.95. The molecule has 0 bridgehead atoms. The largest absolute Gasteiger partial charge is 0.396 e. The van der Waals surface area contributed by atoms with E-state index in [0.29, 0.717) is 30.8 Å². The summed E-state index contributed by atoms with van der Waals surface area (Å²) in [4.78, 5) is 25.8. The van der Waals surface area contributed by atoms with Gasteiger partial charge >= 0.3 is 0 Å². The first-order valence-electron chi connectivity index (χ1n) is 6.95. The second-order valence-corrected chi connectivity index (χ2v) is 5.03. The summed E-state index contributed by atoms with van der Waals surface area (Å²) < 4.78 is 0. The standard InChI is InChI=1S/C15H20N2O3/c1-2-7-16-15(20)12-5-3-4-6-13(12)17-9-11(10-18)8-14(17)19/h3-6,11,18H,2,7-10H2,1H3,(H,16,20). The van der Waals surface area contributed by atoms with Crippen molar-refractivity contribution in [2.24, 2.45) is 5.92 Å². The summed E-state index contributed by atoms with van der Waals surface area (Å²) in [6, 6.07) is 7.10. The second-order valence-electron chi connectivity index (χ2n) is 5.03. The number of carbonyl (C=O) groups is 2. The number of hydrogen-bond acceptors (Lipinski definition) is 3. The summed E-state index contributed by atoms with van der Waals surface area (Å²) >= 11 is 0. The van der Waals surface area contributed by atoms with E-state index in [9.17, 15) is 14.7 Å². The van der Waals surface area contributed by atoms with E-state index >= 15 is 0 Å². The lowest BCUT2D eigenvalue weighted by atomic mass is 10.1. The van der Waals surface area contributed by atoms with E-state index in [1.807, 2.05) is 13.0 Å². The highest BCUT2D eigenvalue weighted by Gasteiger charge is 2.31. The lowest BCUT2D eigenvalue weighted by Crippen LogP contribution is -2.30. The van der Waals surface area contributed by atoms with Crippen molar-refractivity contribution < 1.29 is 14.7 Å². The Kier molecular flexibility index (Phi) is 4.74. The van der Waals surface area contributed by atoms with Gasteiger partial charge in [0.25, 0.3) is 5.91 Å². The number of nitrogens with zero attached hydrogens (tertiary/aromatic N) is 1. The fourth-order valence-electron chi connectivity index (χ4n) is 2.37. The minimum Gasteiger partial charge on any atom is -0.396 e. The highest BCUT2D eigenvalue weighted by atomic mass is 16.3. The van der Waals surface area contributed by atoms with Gasteiger partial charge in [0, 0.05) is 32.0 Å². The maximum atomic E-state index is 12.1. The van der Waals surface area contributed by atoms with Crippen molar-refractivity contribution in [3.05, 3.63) is 29.8 Å². The zero-order chi connectivity index (χ0) is 14.5. The lowest BCUT2D eigenvalue weighted by Gasteiger charge is -2.19. The predicted octanol–water partition coefficient (Wildman–Crippen LogP) is 1.17. The van der Waals surface area contributed by atoms with Crippen molar-refractivity contribution in [3.63, 3.8) is 0 Å². The zero-order valence-electron chi connectivity index (χ0n) is 11.6. The van der Waals surface area contributed by atoms with Crippen LogP contribution in [0.1, 0.15) is 30.1 Å². The minimum atomic E-state index is -0.164. The third kappa shape index (κ3) is 2.99. The molecule has 1 saturated heterocycles. The van der Waals surface area contributed by atoms with Gasteiger partial charge in [-0.2, -0.15) is 0 Å². The van der Waals surface area contributed by atoms with Crippen molar-refractivity contribution in [2.45, 2.75) is 19.8 Å². The molecule has 1 heterocycles. The Morgan fingerprint density at radius 1 is 1.45 bits per heavy atom. The quantitative estimate of drug-likeness (QED) is 0.848. The van der Waals surface area contributed by atoms with Crippen molar-refractivity contribution in [3.8, 4) is 0 Å². The van der Waals surface area contributed by atoms with Crippen LogP contribution in [0, 0.1) is 5.92 Å². The number of anilines is 1. The molecule has 5 nitrogen and oxygen atoms in total. The lowest BCUT2D eigenvalue weighted by molar-refractivity contribution is -0.117. The molecular formula is C15H20N2O3. The topological polar surface area (TPSA) is 69.6 Å². The van der Waals surface area contributed by atoms with Gasteiger partial charge < -0.3 is 15.3 Å². The summed E-state index contributed by atoms with van der Waals surface area (Å²) in [5.74, 6) is -0.253. The highest BCUT2D eigenvalue weighted by Crippen LogP contribution is 2.27. The number of benzene rings is 1. The second kappa shape index (κ2) is 6.52. The molecule has 108 valence electrons.